The van der Waals surface area contributed by atoms with Crippen molar-refractivity contribution >= 4 is 11.9 Å². The molecule has 0 aliphatic carbocycles. The molecule has 0 unspecified atom stereocenters. The molecule has 0 aliphatic rings. The Morgan fingerprint density at radius 1 is 1.12 bits per heavy atom. The lowest BCUT2D eigenvalue weighted by Crippen LogP contribution is -2.33. The number of carbonyl (C=O) groups excluding carboxylic acids is 2. The highest BCUT2D eigenvalue weighted by atomic mass is 16.6. The van der Waals surface area contributed by atoms with E-state index in [-0.39, 0.29) is 18.4 Å². The standard InChI is InChI=1S/C26H42N2O4/c1-6-8-17-28(7-2)20-26(30)32-23-16-15-22(18-24(23)31-5)19-27-25(29)14-12-10-9-11-13-21(3)4/h11,13,15-16,18,21H,6-10,12,14,17,19-20H2,1-5H3,(H,27,29)/b13-11+. The van der Waals surface area contributed by atoms with Gasteiger partial charge in [0.05, 0.1) is 13.7 Å². The molecule has 0 aromatic heterocycles. The molecule has 0 heterocycles. The topological polar surface area (TPSA) is 67.9 Å². The first-order chi connectivity index (χ1) is 15.4. The molecule has 1 amide bonds. The van der Waals surface area contributed by atoms with Gasteiger partial charge in [0.1, 0.15) is 0 Å². The van der Waals surface area contributed by atoms with Crippen molar-refractivity contribution in [2.24, 2.45) is 5.92 Å². The Balaban J connectivity index is 2.48. The maximum absolute atomic E-state index is 12.3. The second-order valence-corrected chi connectivity index (χ2v) is 8.38. The predicted octanol–water partition coefficient (Wildman–Crippen LogP) is 5.11. The van der Waals surface area contributed by atoms with E-state index in [2.05, 4.69) is 43.1 Å². The zero-order chi connectivity index (χ0) is 23.8. The number of unbranched alkanes of at least 4 members (excludes halogenated alkanes) is 3. The van der Waals surface area contributed by atoms with Crippen molar-refractivity contribution in [2.45, 2.75) is 72.8 Å². The highest BCUT2D eigenvalue weighted by Crippen LogP contribution is 2.28. The Labute approximate surface area is 194 Å². The summed E-state index contributed by atoms with van der Waals surface area (Å²) in [7, 11) is 1.54. The van der Waals surface area contributed by atoms with Crippen LogP contribution in [0.5, 0.6) is 11.5 Å². The van der Waals surface area contributed by atoms with Crippen LogP contribution in [0, 0.1) is 5.92 Å². The fraction of sp³-hybridized carbons (Fsp3) is 0.615. The third-order valence-electron chi connectivity index (χ3n) is 5.11. The highest BCUT2D eigenvalue weighted by Gasteiger charge is 2.14. The minimum absolute atomic E-state index is 0.0408. The van der Waals surface area contributed by atoms with E-state index >= 15 is 0 Å². The van der Waals surface area contributed by atoms with E-state index < -0.39 is 0 Å². The van der Waals surface area contributed by atoms with E-state index in [1.807, 2.05) is 13.0 Å². The van der Waals surface area contributed by atoms with Gasteiger partial charge in [0.15, 0.2) is 11.5 Å². The summed E-state index contributed by atoms with van der Waals surface area (Å²) in [4.78, 5) is 26.5. The summed E-state index contributed by atoms with van der Waals surface area (Å²) in [6, 6.07) is 5.37. The minimum atomic E-state index is -0.300. The van der Waals surface area contributed by atoms with Crippen LogP contribution in [-0.2, 0) is 16.1 Å². The van der Waals surface area contributed by atoms with Crippen molar-refractivity contribution in [1.29, 1.82) is 0 Å². The molecule has 6 heteroatoms. The second kappa shape index (κ2) is 16.3. The number of rotatable bonds is 16. The molecule has 1 N–H and O–H groups in total. The monoisotopic (exact) mass is 446 g/mol. The van der Waals surface area contributed by atoms with E-state index in [1.165, 1.54) is 0 Å². The van der Waals surface area contributed by atoms with Crippen molar-refractivity contribution in [3.63, 3.8) is 0 Å². The van der Waals surface area contributed by atoms with Gasteiger partial charge in [-0.2, -0.15) is 0 Å². The lowest BCUT2D eigenvalue weighted by molar-refractivity contribution is -0.135. The van der Waals surface area contributed by atoms with Crippen LogP contribution < -0.4 is 14.8 Å². The van der Waals surface area contributed by atoms with E-state index in [0.29, 0.717) is 30.4 Å². The molecular formula is C26H42N2O4. The molecule has 32 heavy (non-hydrogen) atoms. The highest BCUT2D eigenvalue weighted by molar-refractivity contribution is 5.76. The first-order valence-corrected chi connectivity index (χ1v) is 11.9. The molecule has 180 valence electrons. The number of nitrogens with one attached hydrogen (secondary N) is 1. The van der Waals surface area contributed by atoms with Gasteiger partial charge in [-0.25, -0.2) is 0 Å². The van der Waals surface area contributed by atoms with Crippen molar-refractivity contribution in [1.82, 2.24) is 10.2 Å². The summed E-state index contributed by atoms with van der Waals surface area (Å²) in [5.74, 6) is 1.19. The fourth-order valence-electron chi connectivity index (χ4n) is 3.18. The Bertz CT molecular complexity index is 716. The van der Waals surface area contributed by atoms with Crippen molar-refractivity contribution in [3.8, 4) is 11.5 Å². The molecule has 0 atom stereocenters. The number of methoxy groups -OCH3 is 1. The quantitative estimate of drug-likeness (QED) is 0.165. The average Bonchev–Trinajstić information content (AvgIpc) is 2.77. The number of allylic oxidation sites excluding steroid dienone is 2. The van der Waals surface area contributed by atoms with Crippen LogP contribution in [0.15, 0.2) is 30.4 Å². The summed E-state index contributed by atoms with van der Waals surface area (Å²) in [5, 5.41) is 2.95. The lowest BCUT2D eigenvalue weighted by Gasteiger charge is -2.19. The fourth-order valence-corrected chi connectivity index (χ4v) is 3.18. The van der Waals surface area contributed by atoms with Crippen LogP contribution in [0.1, 0.15) is 71.8 Å². The van der Waals surface area contributed by atoms with Crippen LogP contribution in [0.25, 0.3) is 0 Å². The minimum Gasteiger partial charge on any atom is -0.493 e. The van der Waals surface area contributed by atoms with Gasteiger partial charge < -0.3 is 14.8 Å². The molecule has 0 aliphatic heterocycles. The van der Waals surface area contributed by atoms with Gasteiger partial charge in [-0.3, -0.25) is 14.5 Å². The summed E-state index contributed by atoms with van der Waals surface area (Å²) in [6.07, 6.45) is 9.95. The van der Waals surface area contributed by atoms with Crippen molar-refractivity contribution in [3.05, 3.63) is 35.9 Å². The molecule has 0 saturated heterocycles. The van der Waals surface area contributed by atoms with Crippen molar-refractivity contribution < 1.29 is 19.1 Å². The Hall–Kier alpha value is -2.34. The summed E-state index contributed by atoms with van der Waals surface area (Å²) < 4.78 is 10.9. The van der Waals surface area contributed by atoms with Crippen LogP contribution in [-0.4, -0.2) is 43.5 Å². The number of hydrogen-bond donors (Lipinski definition) is 1. The maximum atomic E-state index is 12.3. The summed E-state index contributed by atoms with van der Waals surface area (Å²) >= 11 is 0. The molecule has 0 bridgehead atoms. The Morgan fingerprint density at radius 2 is 1.91 bits per heavy atom. The molecule has 1 aromatic rings. The first-order valence-electron chi connectivity index (χ1n) is 11.9. The molecule has 1 rings (SSSR count). The second-order valence-electron chi connectivity index (χ2n) is 8.38. The SMILES string of the molecule is CCCCN(CC)CC(=O)Oc1ccc(CNC(=O)CCCC/C=C/C(C)C)cc1OC. The van der Waals surface area contributed by atoms with Gasteiger partial charge in [0.25, 0.3) is 0 Å². The van der Waals surface area contributed by atoms with Crippen LogP contribution in [0.3, 0.4) is 0 Å². The predicted molar refractivity (Wildman–Crippen MR) is 130 cm³/mol. The van der Waals surface area contributed by atoms with Gasteiger partial charge in [-0.1, -0.05) is 52.3 Å². The zero-order valence-corrected chi connectivity index (χ0v) is 20.6. The van der Waals surface area contributed by atoms with Gasteiger partial charge in [-0.05, 0) is 62.4 Å². The van der Waals surface area contributed by atoms with Crippen LogP contribution in [0.4, 0.5) is 0 Å². The zero-order valence-electron chi connectivity index (χ0n) is 20.6. The number of nitrogens with zero attached hydrogens (tertiary/aromatic N) is 1. The number of ether oxygens (including phenoxy) is 2. The number of amides is 1. The van der Waals surface area contributed by atoms with Gasteiger partial charge in [0, 0.05) is 13.0 Å². The average molecular weight is 447 g/mol. The first kappa shape index (κ1) is 27.7. The molecule has 6 nitrogen and oxygen atoms in total. The van der Waals surface area contributed by atoms with E-state index in [9.17, 15) is 9.59 Å². The largest absolute Gasteiger partial charge is 0.493 e. The molecule has 0 fully saturated rings. The third kappa shape index (κ3) is 11.9. The summed E-state index contributed by atoms with van der Waals surface area (Å²) in [5.41, 5.74) is 0.896. The normalized spacial score (nSPS) is 11.3. The van der Waals surface area contributed by atoms with Crippen LogP contribution in [0.2, 0.25) is 0 Å². The molecule has 0 spiro atoms. The third-order valence-corrected chi connectivity index (χ3v) is 5.11. The van der Waals surface area contributed by atoms with Gasteiger partial charge >= 0.3 is 5.97 Å². The molecular weight excluding hydrogens is 404 g/mol. The summed E-state index contributed by atoms with van der Waals surface area (Å²) in [6.45, 7) is 10.8. The van der Waals surface area contributed by atoms with E-state index in [4.69, 9.17) is 9.47 Å². The number of hydrogen-bond acceptors (Lipinski definition) is 5. The molecule has 0 radical (unpaired) electrons. The van der Waals surface area contributed by atoms with E-state index in [1.54, 1.807) is 19.2 Å². The molecule has 0 saturated carbocycles. The lowest BCUT2D eigenvalue weighted by atomic mass is 10.1. The molecule has 1 aromatic carbocycles. The smallest absolute Gasteiger partial charge is 0.325 e. The van der Waals surface area contributed by atoms with Crippen LogP contribution >= 0.6 is 0 Å². The number of esters is 1. The number of benzene rings is 1. The maximum Gasteiger partial charge on any atom is 0.325 e. The van der Waals surface area contributed by atoms with Crippen molar-refractivity contribution in [2.75, 3.05) is 26.7 Å². The van der Waals surface area contributed by atoms with Gasteiger partial charge in [0.2, 0.25) is 5.91 Å². The van der Waals surface area contributed by atoms with Gasteiger partial charge in [-0.15, -0.1) is 0 Å². The number of likely N-dealkylation sites (N-methyl/N-ethyl adjacent to an activating group) is 1. The Morgan fingerprint density at radius 3 is 2.56 bits per heavy atom. The Kier molecular flexibility index (Phi) is 14.1. The number of carbonyl (C=O) groups is 2. The van der Waals surface area contributed by atoms with E-state index in [0.717, 1.165) is 50.8 Å².